The second-order valence-corrected chi connectivity index (χ2v) is 6.40. The number of nitrogens with zero attached hydrogens (tertiary/aromatic N) is 2. The first-order chi connectivity index (χ1) is 11.0. The van der Waals surface area contributed by atoms with Crippen LogP contribution >= 0.6 is 11.6 Å². The zero-order valence-electron chi connectivity index (χ0n) is 11.5. The van der Waals surface area contributed by atoms with Crippen LogP contribution in [-0.4, -0.2) is 23.9 Å². The molecule has 1 N–H and O–H groups in total. The van der Waals surface area contributed by atoms with Crippen molar-refractivity contribution in [1.82, 2.24) is 14.1 Å². The molecule has 0 atom stereocenters. The van der Waals surface area contributed by atoms with Gasteiger partial charge in [0.1, 0.15) is 11.4 Å². The maximum Gasteiger partial charge on any atom is 0.426 e. The lowest BCUT2D eigenvalue weighted by molar-refractivity contribution is 0.207. The van der Waals surface area contributed by atoms with Crippen LogP contribution in [0, 0.1) is 0 Å². The maximum absolute atomic E-state index is 12.4. The highest BCUT2D eigenvalue weighted by Crippen LogP contribution is 2.22. The van der Waals surface area contributed by atoms with E-state index in [2.05, 4.69) is 4.98 Å². The van der Waals surface area contributed by atoms with Crippen LogP contribution in [0.5, 0.6) is 5.75 Å². The van der Waals surface area contributed by atoms with E-state index in [9.17, 15) is 13.2 Å². The van der Waals surface area contributed by atoms with E-state index in [1.165, 1.54) is 22.7 Å². The number of para-hydroxylation sites is 1. The van der Waals surface area contributed by atoms with E-state index in [0.29, 0.717) is 5.65 Å². The molecule has 3 aromatic rings. The molecular weight excluding hydrogens is 342 g/mol. The van der Waals surface area contributed by atoms with Crippen molar-refractivity contribution in [2.45, 2.75) is 5.03 Å². The number of fused-ring (bicyclic) bond motifs is 1. The highest BCUT2D eigenvalue weighted by molar-refractivity contribution is 7.90. The second-order valence-electron chi connectivity index (χ2n) is 4.44. The largest absolute Gasteiger partial charge is 0.426 e. The van der Waals surface area contributed by atoms with E-state index in [-0.39, 0.29) is 15.9 Å². The van der Waals surface area contributed by atoms with Crippen LogP contribution in [0.4, 0.5) is 4.79 Å². The van der Waals surface area contributed by atoms with Crippen molar-refractivity contribution < 1.29 is 17.9 Å². The lowest BCUT2D eigenvalue weighted by Crippen LogP contribution is -2.33. The lowest BCUT2D eigenvalue weighted by Gasteiger charge is -2.07. The van der Waals surface area contributed by atoms with E-state index in [1.54, 1.807) is 41.1 Å². The number of benzene rings is 1. The van der Waals surface area contributed by atoms with Crippen LogP contribution in [0.2, 0.25) is 5.15 Å². The number of pyridine rings is 1. The number of carbonyl (C=O) groups excluding carboxylic acids is 1. The number of halogens is 1. The van der Waals surface area contributed by atoms with Crippen molar-refractivity contribution in [3.63, 3.8) is 0 Å². The van der Waals surface area contributed by atoms with Crippen molar-refractivity contribution in [1.29, 1.82) is 0 Å². The number of aromatic nitrogens is 2. The molecule has 0 aliphatic carbocycles. The summed E-state index contributed by atoms with van der Waals surface area (Å²) >= 11 is 5.89. The van der Waals surface area contributed by atoms with Crippen molar-refractivity contribution in [2.24, 2.45) is 0 Å². The van der Waals surface area contributed by atoms with Gasteiger partial charge in [-0.05, 0) is 24.3 Å². The summed E-state index contributed by atoms with van der Waals surface area (Å²) in [5.74, 6) is 0.212. The fraction of sp³-hybridized carbons (Fsp3) is 0. The van der Waals surface area contributed by atoms with Crippen LogP contribution in [-0.2, 0) is 10.0 Å². The van der Waals surface area contributed by atoms with Crippen LogP contribution in [0.25, 0.3) is 5.65 Å². The average molecular weight is 352 g/mol. The molecule has 0 radical (unpaired) electrons. The molecule has 0 fully saturated rings. The van der Waals surface area contributed by atoms with Gasteiger partial charge in [0.15, 0.2) is 10.2 Å². The molecule has 1 amide bonds. The Morgan fingerprint density at radius 1 is 1.13 bits per heavy atom. The quantitative estimate of drug-likeness (QED) is 0.782. The number of rotatable bonds is 3. The number of ether oxygens (including phenoxy) is 1. The summed E-state index contributed by atoms with van der Waals surface area (Å²) in [7, 11) is -4.25. The van der Waals surface area contributed by atoms with Gasteiger partial charge >= 0.3 is 6.09 Å². The summed E-state index contributed by atoms with van der Waals surface area (Å²) in [5.41, 5.74) is 0.342. The monoisotopic (exact) mass is 351 g/mol. The van der Waals surface area contributed by atoms with E-state index in [4.69, 9.17) is 16.3 Å². The molecule has 0 aliphatic rings. The van der Waals surface area contributed by atoms with Crippen LogP contribution < -0.4 is 9.46 Å². The fourth-order valence-corrected chi connectivity index (χ4v) is 3.48. The minimum absolute atomic E-state index is 0.212. The van der Waals surface area contributed by atoms with Gasteiger partial charge in [-0.3, -0.25) is 4.40 Å². The van der Waals surface area contributed by atoms with E-state index in [1.807, 2.05) is 0 Å². The van der Waals surface area contributed by atoms with Gasteiger partial charge in [0.2, 0.25) is 0 Å². The molecule has 1 aromatic carbocycles. The normalized spacial score (nSPS) is 11.3. The summed E-state index contributed by atoms with van der Waals surface area (Å²) < 4.78 is 32.7. The SMILES string of the molecule is O=C(NS(=O)(=O)c1c(Cl)nc2ccccn12)Oc1ccccc1. The van der Waals surface area contributed by atoms with Gasteiger partial charge in [0, 0.05) is 6.20 Å². The van der Waals surface area contributed by atoms with Crippen molar-refractivity contribution in [3.8, 4) is 5.75 Å². The summed E-state index contributed by atoms with van der Waals surface area (Å²) in [6.45, 7) is 0. The molecule has 23 heavy (non-hydrogen) atoms. The minimum Gasteiger partial charge on any atom is -0.410 e. The maximum atomic E-state index is 12.4. The van der Waals surface area contributed by atoms with E-state index in [0.717, 1.165) is 0 Å². The number of imidazole rings is 1. The summed E-state index contributed by atoms with van der Waals surface area (Å²) in [6, 6.07) is 13.0. The number of carbonyl (C=O) groups is 1. The van der Waals surface area contributed by atoms with Crippen LogP contribution in [0.15, 0.2) is 59.8 Å². The molecule has 3 rings (SSSR count). The third kappa shape index (κ3) is 3.13. The molecule has 2 heterocycles. The molecule has 0 spiro atoms. The Hall–Kier alpha value is -2.58. The molecular formula is C14H10ClN3O4S. The Bertz CT molecular complexity index is 970. The highest BCUT2D eigenvalue weighted by Gasteiger charge is 2.27. The number of hydrogen-bond acceptors (Lipinski definition) is 5. The average Bonchev–Trinajstić information content (AvgIpc) is 2.84. The van der Waals surface area contributed by atoms with Gasteiger partial charge in [-0.2, -0.15) is 8.42 Å². The summed E-state index contributed by atoms with van der Waals surface area (Å²) in [5, 5.41) is -0.573. The molecule has 0 saturated carbocycles. The van der Waals surface area contributed by atoms with E-state index < -0.39 is 16.1 Å². The molecule has 2 aromatic heterocycles. The van der Waals surface area contributed by atoms with Crippen LogP contribution in [0.1, 0.15) is 0 Å². The van der Waals surface area contributed by atoms with Crippen molar-refractivity contribution in [2.75, 3.05) is 0 Å². The summed E-state index contributed by atoms with van der Waals surface area (Å²) in [4.78, 5) is 15.7. The standard InChI is InChI=1S/C14H10ClN3O4S/c15-12-13(18-9-5-4-8-11(18)16-12)23(20,21)17-14(19)22-10-6-2-1-3-7-10/h1-9H,(H,17,19). The van der Waals surface area contributed by atoms with Gasteiger partial charge < -0.3 is 4.74 Å². The van der Waals surface area contributed by atoms with Gasteiger partial charge in [-0.15, -0.1) is 0 Å². The molecule has 0 bridgehead atoms. The predicted octanol–water partition coefficient (Wildman–Crippen LogP) is 2.47. The molecule has 9 heteroatoms. The van der Waals surface area contributed by atoms with Crippen molar-refractivity contribution >= 4 is 33.4 Å². The second kappa shape index (κ2) is 5.90. The number of sulfonamides is 1. The molecule has 0 unspecified atom stereocenters. The molecule has 0 saturated heterocycles. The number of nitrogens with one attached hydrogen (secondary N) is 1. The zero-order valence-corrected chi connectivity index (χ0v) is 13.1. The van der Waals surface area contributed by atoms with Gasteiger partial charge in [-0.1, -0.05) is 35.9 Å². The Morgan fingerprint density at radius 2 is 1.83 bits per heavy atom. The van der Waals surface area contributed by atoms with Gasteiger partial charge in [0.25, 0.3) is 10.0 Å². The van der Waals surface area contributed by atoms with Gasteiger partial charge in [-0.25, -0.2) is 14.5 Å². The van der Waals surface area contributed by atoms with Gasteiger partial charge in [0.05, 0.1) is 0 Å². The third-order valence-electron chi connectivity index (χ3n) is 2.87. The Kier molecular flexibility index (Phi) is 3.93. The van der Waals surface area contributed by atoms with Crippen molar-refractivity contribution in [3.05, 3.63) is 59.9 Å². The lowest BCUT2D eigenvalue weighted by atomic mass is 10.3. The smallest absolute Gasteiger partial charge is 0.410 e. The first kappa shape index (κ1) is 15.3. The predicted molar refractivity (Wildman–Crippen MR) is 83.0 cm³/mol. The first-order valence-electron chi connectivity index (χ1n) is 6.39. The van der Waals surface area contributed by atoms with E-state index >= 15 is 0 Å². The summed E-state index contributed by atoms with van der Waals surface area (Å²) in [6.07, 6.45) is 0.337. The molecule has 0 aliphatic heterocycles. The van der Waals surface area contributed by atoms with Crippen LogP contribution in [0.3, 0.4) is 0 Å². The molecule has 7 nitrogen and oxygen atoms in total. The minimum atomic E-state index is -4.25. The fourth-order valence-electron chi connectivity index (χ4n) is 1.96. The topological polar surface area (TPSA) is 89.8 Å². The zero-order chi connectivity index (χ0) is 16.4. The Morgan fingerprint density at radius 3 is 2.57 bits per heavy atom. The third-order valence-corrected chi connectivity index (χ3v) is 4.58. The highest BCUT2D eigenvalue weighted by atomic mass is 35.5. The Labute approximate surface area is 136 Å². The number of amides is 1. The molecule has 118 valence electrons. The first-order valence-corrected chi connectivity index (χ1v) is 8.26. The number of hydrogen-bond donors (Lipinski definition) is 1. The Balaban J connectivity index is 1.89.